The van der Waals surface area contributed by atoms with Gasteiger partial charge in [0.15, 0.2) is 0 Å². The van der Waals surface area contributed by atoms with Gasteiger partial charge < -0.3 is 20.1 Å². The second-order valence-electron chi connectivity index (χ2n) is 8.52. The number of hydrogen-bond donors (Lipinski definition) is 3. The smallest absolute Gasteiger partial charge is 0.407 e. The maximum absolute atomic E-state index is 13.1. The Morgan fingerprint density at radius 1 is 0.944 bits per heavy atom. The summed E-state index contributed by atoms with van der Waals surface area (Å²) in [5.74, 6) is -1.26. The number of carboxylic acid groups (broad SMARTS) is 1. The molecule has 0 unspecified atom stereocenters. The summed E-state index contributed by atoms with van der Waals surface area (Å²) >= 11 is 0. The highest BCUT2D eigenvalue weighted by atomic mass is 32.2. The van der Waals surface area contributed by atoms with Crippen molar-refractivity contribution in [3.05, 3.63) is 72.3 Å². The van der Waals surface area contributed by atoms with Crippen molar-refractivity contribution in [1.82, 2.24) is 10.0 Å². The van der Waals surface area contributed by atoms with Gasteiger partial charge in [-0.15, -0.1) is 0 Å². The van der Waals surface area contributed by atoms with Crippen molar-refractivity contribution in [1.29, 1.82) is 0 Å². The van der Waals surface area contributed by atoms with Crippen LogP contribution in [0.3, 0.4) is 0 Å². The van der Waals surface area contributed by atoms with Crippen molar-refractivity contribution < 1.29 is 27.9 Å². The second-order valence-corrected chi connectivity index (χ2v) is 10.2. The third-order valence-corrected chi connectivity index (χ3v) is 7.16. The molecular formula is C26H31N3O6S. The van der Waals surface area contributed by atoms with E-state index in [-0.39, 0.29) is 24.5 Å². The number of nitrogens with one attached hydrogen (secondary N) is 2. The molecule has 0 saturated heterocycles. The first kappa shape index (κ1) is 27.0. The predicted octanol–water partition coefficient (Wildman–Crippen LogP) is 3.73. The molecule has 0 aliphatic rings. The van der Waals surface area contributed by atoms with Gasteiger partial charge in [0.1, 0.15) is 12.6 Å². The molecule has 1 atom stereocenters. The zero-order chi connectivity index (χ0) is 26.1. The number of anilines is 1. The summed E-state index contributed by atoms with van der Waals surface area (Å²) in [5, 5.41) is 13.5. The standard InChI is InChI=1S/C26H31N3O6S/c1-29(2)23-15-8-13-21-20(23)12-9-16-24(21)36(33,34)28-22(25(30)31)14-6-7-17-27-26(32)35-18-19-10-4-3-5-11-19/h3-5,8-13,15-16,22,28H,6-7,14,17-18H2,1-2H3,(H,27,32)(H,30,31)/t22-/m0/s1. The summed E-state index contributed by atoms with van der Waals surface area (Å²) in [6.07, 6.45) is 0.358. The van der Waals surface area contributed by atoms with Gasteiger partial charge in [-0.05, 0) is 37.0 Å². The number of sulfonamides is 1. The minimum absolute atomic E-state index is 0.0257. The van der Waals surface area contributed by atoms with Crippen molar-refractivity contribution in [3.8, 4) is 0 Å². The summed E-state index contributed by atoms with van der Waals surface area (Å²) in [6.45, 7) is 0.434. The predicted molar refractivity (Wildman–Crippen MR) is 139 cm³/mol. The van der Waals surface area contributed by atoms with Crippen LogP contribution in [0.25, 0.3) is 10.8 Å². The van der Waals surface area contributed by atoms with Crippen LogP contribution in [0.1, 0.15) is 24.8 Å². The molecule has 1 amide bonds. The Balaban J connectivity index is 1.55. The van der Waals surface area contributed by atoms with E-state index in [0.29, 0.717) is 18.2 Å². The zero-order valence-electron chi connectivity index (χ0n) is 20.3. The third-order valence-electron chi connectivity index (χ3n) is 5.63. The van der Waals surface area contributed by atoms with Gasteiger partial charge in [0.25, 0.3) is 0 Å². The van der Waals surface area contributed by atoms with Crippen LogP contribution in [0.4, 0.5) is 10.5 Å². The Kier molecular flexibility index (Phi) is 9.26. The lowest BCUT2D eigenvalue weighted by molar-refractivity contribution is -0.139. The van der Waals surface area contributed by atoms with Crippen LogP contribution in [-0.2, 0) is 26.2 Å². The number of carbonyl (C=O) groups is 2. The highest BCUT2D eigenvalue weighted by Gasteiger charge is 2.26. The highest BCUT2D eigenvalue weighted by Crippen LogP contribution is 2.30. The first-order chi connectivity index (χ1) is 17.2. The Morgan fingerprint density at radius 3 is 2.33 bits per heavy atom. The Labute approximate surface area is 211 Å². The number of fused-ring (bicyclic) bond motifs is 1. The number of hydrogen-bond acceptors (Lipinski definition) is 6. The molecule has 192 valence electrons. The van der Waals surface area contributed by atoms with E-state index >= 15 is 0 Å². The van der Waals surface area contributed by atoms with Crippen LogP contribution in [0.15, 0.2) is 71.6 Å². The largest absolute Gasteiger partial charge is 0.480 e. The molecule has 0 heterocycles. The molecule has 0 radical (unpaired) electrons. The SMILES string of the molecule is CN(C)c1cccc2c(S(=O)(=O)N[C@@H](CCCCNC(=O)OCc3ccccc3)C(=O)O)cccc12. The molecule has 0 aliphatic carbocycles. The maximum Gasteiger partial charge on any atom is 0.407 e. The molecule has 3 aromatic carbocycles. The van der Waals surface area contributed by atoms with Gasteiger partial charge in [-0.3, -0.25) is 4.79 Å². The number of nitrogens with zero attached hydrogens (tertiary/aromatic N) is 1. The van der Waals surface area contributed by atoms with E-state index in [1.54, 1.807) is 18.2 Å². The molecule has 10 heteroatoms. The van der Waals surface area contributed by atoms with E-state index in [1.807, 2.05) is 61.5 Å². The maximum atomic E-state index is 13.1. The fourth-order valence-corrected chi connectivity index (χ4v) is 5.26. The molecule has 0 aliphatic heterocycles. The number of aliphatic carboxylic acids is 1. The molecule has 36 heavy (non-hydrogen) atoms. The second kappa shape index (κ2) is 12.4. The number of carbonyl (C=O) groups excluding carboxylic acids is 1. The van der Waals surface area contributed by atoms with Crippen LogP contribution in [-0.4, -0.2) is 52.3 Å². The summed E-state index contributed by atoms with van der Waals surface area (Å²) < 4.78 is 33.8. The first-order valence-electron chi connectivity index (χ1n) is 11.6. The van der Waals surface area contributed by atoms with Crippen molar-refractivity contribution >= 4 is 38.5 Å². The number of ether oxygens (including phenoxy) is 1. The van der Waals surface area contributed by atoms with E-state index in [2.05, 4.69) is 10.0 Å². The normalized spacial score (nSPS) is 12.2. The number of amides is 1. The van der Waals surface area contributed by atoms with Crippen molar-refractivity contribution in [2.75, 3.05) is 25.5 Å². The lowest BCUT2D eigenvalue weighted by Crippen LogP contribution is -2.40. The molecule has 0 aromatic heterocycles. The number of alkyl carbamates (subject to hydrolysis) is 1. The topological polar surface area (TPSA) is 125 Å². The van der Waals surface area contributed by atoms with Gasteiger partial charge in [-0.25, -0.2) is 13.2 Å². The van der Waals surface area contributed by atoms with Gasteiger partial charge in [-0.2, -0.15) is 4.72 Å². The monoisotopic (exact) mass is 513 g/mol. The minimum Gasteiger partial charge on any atom is -0.480 e. The van der Waals surface area contributed by atoms with Gasteiger partial charge >= 0.3 is 12.1 Å². The van der Waals surface area contributed by atoms with Crippen LogP contribution in [0, 0.1) is 0 Å². The van der Waals surface area contributed by atoms with Crippen LogP contribution < -0.4 is 14.9 Å². The van der Waals surface area contributed by atoms with Crippen LogP contribution in [0.2, 0.25) is 0 Å². The van der Waals surface area contributed by atoms with Gasteiger partial charge in [0.2, 0.25) is 10.0 Å². The fraction of sp³-hybridized carbons (Fsp3) is 0.308. The summed E-state index contributed by atoms with van der Waals surface area (Å²) in [4.78, 5) is 25.5. The highest BCUT2D eigenvalue weighted by molar-refractivity contribution is 7.89. The van der Waals surface area contributed by atoms with Gasteiger partial charge in [0, 0.05) is 37.1 Å². The lowest BCUT2D eigenvalue weighted by Gasteiger charge is -2.18. The van der Waals surface area contributed by atoms with Crippen LogP contribution in [0.5, 0.6) is 0 Å². The Morgan fingerprint density at radius 2 is 1.64 bits per heavy atom. The quantitative estimate of drug-likeness (QED) is 0.315. The molecule has 0 saturated carbocycles. The first-order valence-corrected chi connectivity index (χ1v) is 13.1. The average Bonchev–Trinajstić information content (AvgIpc) is 2.86. The average molecular weight is 514 g/mol. The molecule has 3 rings (SSSR count). The van der Waals surface area contributed by atoms with E-state index in [0.717, 1.165) is 16.6 Å². The number of benzene rings is 3. The molecule has 3 N–H and O–H groups in total. The molecular weight excluding hydrogens is 482 g/mol. The minimum atomic E-state index is -4.10. The third kappa shape index (κ3) is 7.19. The number of unbranched alkanes of at least 4 members (excludes halogenated alkanes) is 1. The summed E-state index contributed by atoms with van der Waals surface area (Å²) in [5.41, 5.74) is 1.72. The molecule has 3 aromatic rings. The van der Waals surface area contributed by atoms with Crippen LogP contribution >= 0.6 is 0 Å². The van der Waals surface area contributed by atoms with Crippen molar-refractivity contribution in [2.45, 2.75) is 36.8 Å². The molecule has 9 nitrogen and oxygen atoms in total. The van der Waals surface area contributed by atoms with E-state index < -0.39 is 28.1 Å². The molecule has 0 bridgehead atoms. The number of carboxylic acids is 1. The van der Waals surface area contributed by atoms with E-state index in [9.17, 15) is 23.1 Å². The number of rotatable bonds is 12. The van der Waals surface area contributed by atoms with Gasteiger partial charge in [0.05, 0.1) is 4.90 Å². The van der Waals surface area contributed by atoms with Crippen molar-refractivity contribution in [3.63, 3.8) is 0 Å². The lowest BCUT2D eigenvalue weighted by atomic mass is 10.1. The summed E-state index contributed by atoms with van der Waals surface area (Å²) in [7, 11) is -0.367. The fourth-order valence-electron chi connectivity index (χ4n) is 3.81. The summed E-state index contributed by atoms with van der Waals surface area (Å²) in [6, 6.07) is 18.3. The molecule has 0 fully saturated rings. The Hall–Kier alpha value is -3.63. The van der Waals surface area contributed by atoms with Gasteiger partial charge in [-0.1, -0.05) is 54.6 Å². The van der Waals surface area contributed by atoms with E-state index in [4.69, 9.17) is 4.74 Å². The van der Waals surface area contributed by atoms with Crippen molar-refractivity contribution in [2.24, 2.45) is 0 Å². The molecule has 0 spiro atoms. The Bertz CT molecular complexity index is 1300. The zero-order valence-corrected chi connectivity index (χ0v) is 21.1. The van der Waals surface area contributed by atoms with E-state index in [1.165, 1.54) is 6.07 Å².